The molecule has 0 spiro atoms. The number of hydrogen-bond donors (Lipinski definition) is 2. The molecule has 0 bridgehead atoms. The van der Waals surface area contributed by atoms with Gasteiger partial charge < -0.3 is 19.7 Å². The summed E-state index contributed by atoms with van der Waals surface area (Å²) < 4.78 is 13.0. The van der Waals surface area contributed by atoms with Crippen LogP contribution in [0.25, 0.3) is 0 Å². The Morgan fingerprint density at radius 1 is 0.897 bits per heavy atom. The molecule has 1 aromatic rings. The SMILES string of the molecule is C=CCn1c(=O)n(CC(O)COC(=O)C2CCCCC2C(=O)OC(C)(C)C)c(=O)n(CC(O)C(C)(C)C)c1=O. The maximum absolute atomic E-state index is 13.1. The Kier molecular flexibility index (Phi) is 10.7. The average Bonchev–Trinajstić information content (AvgIpc) is 2.83. The molecule has 1 aliphatic carbocycles. The molecule has 12 nitrogen and oxygen atoms in total. The second-order valence-corrected chi connectivity index (χ2v) is 12.2. The van der Waals surface area contributed by atoms with Crippen LogP contribution in [0.3, 0.4) is 0 Å². The molecule has 0 radical (unpaired) electrons. The van der Waals surface area contributed by atoms with Gasteiger partial charge in [0, 0.05) is 0 Å². The van der Waals surface area contributed by atoms with Crippen molar-refractivity contribution in [3.8, 4) is 0 Å². The fraction of sp³-hybridized carbons (Fsp3) is 0.741. The van der Waals surface area contributed by atoms with Crippen molar-refractivity contribution in [2.45, 2.75) is 105 Å². The summed E-state index contributed by atoms with van der Waals surface area (Å²) in [5.74, 6) is -2.53. The quantitative estimate of drug-likeness (QED) is 0.316. The van der Waals surface area contributed by atoms with Crippen LogP contribution in [-0.4, -0.2) is 60.3 Å². The van der Waals surface area contributed by atoms with Crippen LogP contribution < -0.4 is 17.1 Å². The summed E-state index contributed by atoms with van der Waals surface area (Å²) in [6.45, 7) is 12.3. The van der Waals surface area contributed by atoms with E-state index in [1.165, 1.54) is 6.08 Å². The molecule has 2 N–H and O–H groups in total. The van der Waals surface area contributed by atoms with Crippen molar-refractivity contribution in [2.75, 3.05) is 6.61 Å². The summed E-state index contributed by atoms with van der Waals surface area (Å²) in [5, 5.41) is 21.1. The zero-order valence-electron chi connectivity index (χ0n) is 23.8. The van der Waals surface area contributed by atoms with Crippen LogP contribution in [0.15, 0.2) is 27.0 Å². The maximum atomic E-state index is 13.1. The Bertz CT molecular complexity index is 1210. The highest BCUT2D eigenvalue weighted by Crippen LogP contribution is 2.33. The first-order chi connectivity index (χ1) is 18.0. The van der Waals surface area contributed by atoms with Gasteiger partial charge in [-0.1, -0.05) is 39.7 Å². The number of nitrogens with zero attached hydrogens (tertiary/aromatic N) is 3. The first kappa shape index (κ1) is 32.2. The summed E-state index contributed by atoms with van der Waals surface area (Å²) in [4.78, 5) is 64.4. The van der Waals surface area contributed by atoms with E-state index in [9.17, 15) is 34.2 Å². The fourth-order valence-electron chi connectivity index (χ4n) is 4.35. The molecule has 4 unspecified atom stereocenters. The number of aliphatic hydroxyl groups excluding tert-OH is 2. The highest BCUT2D eigenvalue weighted by atomic mass is 16.6. The molecular weight excluding hydrogens is 510 g/mol. The molecule has 1 aromatic heterocycles. The third-order valence-electron chi connectivity index (χ3n) is 6.64. The van der Waals surface area contributed by atoms with Crippen LogP contribution >= 0.6 is 0 Å². The molecule has 39 heavy (non-hydrogen) atoms. The average molecular weight is 554 g/mol. The zero-order chi connectivity index (χ0) is 29.7. The monoisotopic (exact) mass is 553 g/mol. The number of ether oxygens (including phenoxy) is 2. The van der Waals surface area contributed by atoms with Crippen molar-refractivity contribution >= 4 is 11.9 Å². The molecule has 220 valence electrons. The largest absolute Gasteiger partial charge is 0.463 e. The minimum Gasteiger partial charge on any atom is -0.463 e. The van der Waals surface area contributed by atoms with Crippen LogP contribution in [0.2, 0.25) is 0 Å². The lowest BCUT2D eigenvalue weighted by Crippen LogP contribution is -2.57. The molecule has 1 fully saturated rings. The van der Waals surface area contributed by atoms with Gasteiger partial charge in [0.2, 0.25) is 0 Å². The molecule has 1 saturated carbocycles. The van der Waals surface area contributed by atoms with E-state index in [-0.39, 0.29) is 13.1 Å². The topological polar surface area (TPSA) is 159 Å². The smallest absolute Gasteiger partial charge is 0.336 e. The third kappa shape index (κ3) is 8.50. The van der Waals surface area contributed by atoms with E-state index in [1.54, 1.807) is 41.5 Å². The summed E-state index contributed by atoms with van der Waals surface area (Å²) in [6.07, 6.45) is 1.20. The van der Waals surface area contributed by atoms with Gasteiger partial charge in [-0.2, -0.15) is 0 Å². The number of carbonyl (C=O) groups excluding carboxylic acids is 2. The molecule has 0 aliphatic heterocycles. The number of rotatable bonds is 10. The molecule has 4 atom stereocenters. The van der Waals surface area contributed by atoms with Crippen LogP contribution in [-0.2, 0) is 38.7 Å². The van der Waals surface area contributed by atoms with E-state index >= 15 is 0 Å². The van der Waals surface area contributed by atoms with E-state index in [1.807, 2.05) is 0 Å². The number of esters is 2. The Labute approximate surface area is 227 Å². The predicted octanol–water partition coefficient (Wildman–Crippen LogP) is 0.817. The second-order valence-electron chi connectivity index (χ2n) is 12.2. The van der Waals surface area contributed by atoms with Crippen molar-refractivity contribution in [2.24, 2.45) is 17.3 Å². The first-order valence-electron chi connectivity index (χ1n) is 13.3. The van der Waals surface area contributed by atoms with Gasteiger partial charge in [-0.15, -0.1) is 6.58 Å². The lowest BCUT2D eigenvalue weighted by atomic mass is 9.79. The molecular formula is C27H43N3O9. The number of carbonyl (C=O) groups is 2. The lowest BCUT2D eigenvalue weighted by molar-refractivity contribution is -0.171. The van der Waals surface area contributed by atoms with Gasteiger partial charge in [-0.3, -0.25) is 9.59 Å². The Balaban J connectivity index is 2.23. The number of hydrogen-bond acceptors (Lipinski definition) is 9. The van der Waals surface area contributed by atoms with Gasteiger partial charge in [-0.05, 0) is 39.0 Å². The predicted molar refractivity (Wildman–Crippen MR) is 143 cm³/mol. The minimum absolute atomic E-state index is 0.192. The molecule has 12 heteroatoms. The molecule has 0 amide bonds. The van der Waals surface area contributed by atoms with Crippen molar-refractivity contribution in [3.05, 3.63) is 44.1 Å². The number of aliphatic hydroxyl groups is 2. The second kappa shape index (κ2) is 12.9. The van der Waals surface area contributed by atoms with E-state index < -0.39 is 77.2 Å². The van der Waals surface area contributed by atoms with Crippen LogP contribution in [0.4, 0.5) is 0 Å². The lowest BCUT2D eigenvalue weighted by Gasteiger charge is -2.31. The van der Waals surface area contributed by atoms with Crippen LogP contribution in [0, 0.1) is 17.3 Å². The molecule has 1 heterocycles. The molecule has 0 saturated heterocycles. The Morgan fingerprint density at radius 2 is 1.38 bits per heavy atom. The highest BCUT2D eigenvalue weighted by Gasteiger charge is 2.39. The van der Waals surface area contributed by atoms with Gasteiger partial charge in [0.05, 0.1) is 37.6 Å². The maximum Gasteiger partial charge on any atom is 0.336 e. The van der Waals surface area contributed by atoms with Crippen molar-refractivity contribution < 1.29 is 29.3 Å². The highest BCUT2D eigenvalue weighted by molar-refractivity contribution is 5.82. The van der Waals surface area contributed by atoms with E-state index in [0.717, 1.165) is 22.0 Å². The fourth-order valence-corrected chi connectivity index (χ4v) is 4.35. The van der Waals surface area contributed by atoms with Gasteiger partial charge in [-0.25, -0.2) is 28.1 Å². The minimum atomic E-state index is -1.46. The van der Waals surface area contributed by atoms with Crippen LogP contribution in [0.1, 0.15) is 67.2 Å². The van der Waals surface area contributed by atoms with Crippen LogP contribution in [0.5, 0.6) is 0 Å². The first-order valence-corrected chi connectivity index (χ1v) is 13.3. The van der Waals surface area contributed by atoms with E-state index in [2.05, 4.69) is 6.58 Å². The van der Waals surface area contributed by atoms with Gasteiger partial charge in [0.1, 0.15) is 18.3 Å². The Hall–Kier alpha value is -2.99. The number of aromatic nitrogens is 3. The zero-order valence-corrected chi connectivity index (χ0v) is 23.8. The third-order valence-corrected chi connectivity index (χ3v) is 6.64. The van der Waals surface area contributed by atoms with E-state index in [0.29, 0.717) is 17.4 Å². The number of allylic oxidation sites excluding steroid dienone is 1. The van der Waals surface area contributed by atoms with Crippen molar-refractivity contribution in [3.63, 3.8) is 0 Å². The van der Waals surface area contributed by atoms with Gasteiger partial charge in [0.25, 0.3) is 0 Å². The Morgan fingerprint density at radius 3 is 1.87 bits per heavy atom. The van der Waals surface area contributed by atoms with Crippen molar-refractivity contribution in [1.82, 2.24) is 13.7 Å². The van der Waals surface area contributed by atoms with Gasteiger partial charge >= 0.3 is 29.0 Å². The van der Waals surface area contributed by atoms with E-state index in [4.69, 9.17) is 9.47 Å². The standard InChI is InChI=1S/C27H43N3O9/c1-8-13-28-23(35)29(25(37)30(24(28)36)15-20(32)26(2,3)4)14-17(31)16-38-21(33)18-11-9-10-12-19(18)22(34)39-27(5,6)7/h8,17-20,31-32H,1,9-16H2,2-7H3. The molecule has 1 aliphatic rings. The molecule has 0 aromatic carbocycles. The summed E-state index contributed by atoms with van der Waals surface area (Å²) in [5.41, 5.74) is -4.23. The van der Waals surface area contributed by atoms with Gasteiger partial charge in [0.15, 0.2) is 0 Å². The normalized spacial score (nSPS) is 19.7. The van der Waals surface area contributed by atoms with Crippen molar-refractivity contribution in [1.29, 1.82) is 0 Å². The summed E-state index contributed by atoms with van der Waals surface area (Å²) in [6, 6.07) is 0. The summed E-state index contributed by atoms with van der Waals surface area (Å²) in [7, 11) is 0. The molecule has 2 rings (SSSR count). The summed E-state index contributed by atoms with van der Waals surface area (Å²) >= 11 is 0.